The summed E-state index contributed by atoms with van der Waals surface area (Å²) >= 11 is 0. The van der Waals surface area contributed by atoms with Gasteiger partial charge >= 0.3 is 0 Å². The summed E-state index contributed by atoms with van der Waals surface area (Å²) in [6.45, 7) is 0.942. The maximum Gasteiger partial charge on any atom is 0.223 e. The highest BCUT2D eigenvalue weighted by Crippen LogP contribution is 2.35. The maximum atomic E-state index is 12.6. The Kier molecular flexibility index (Phi) is 5.35. The molecule has 30 heavy (non-hydrogen) atoms. The van der Waals surface area contributed by atoms with Gasteiger partial charge in [0.15, 0.2) is 0 Å². The molecule has 2 bridgehead atoms. The first kappa shape index (κ1) is 19.0. The average Bonchev–Trinajstić information content (AvgIpc) is 3.36. The Hall–Kier alpha value is -2.95. The molecule has 1 saturated heterocycles. The predicted molar refractivity (Wildman–Crippen MR) is 115 cm³/mol. The Morgan fingerprint density at radius 1 is 0.967 bits per heavy atom. The molecule has 2 heterocycles. The van der Waals surface area contributed by atoms with Crippen molar-refractivity contribution in [2.45, 2.75) is 51.0 Å². The van der Waals surface area contributed by atoms with E-state index in [0.29, 0.717) is 37.1 Å². The molecular formula is C25H27N3O2. The third-order valence-corrected chi connectivity index (χ3v) is 6.45. The van der Waals surface area contributed by atoms with Crippen molar-refractivity contribution < 1.29 is 9.21 Å². The van der Waals surface area contributed by atoms with E-state index < -0.39 is 0 Å². The predicted octanol–water partition coefficient (Wildman–Crippen LogP) is 4.66. The number of fused-ring (bicyclic) bond motifs is 2. The van der Waals surface area contributed by atoms with Gasteiger partial charge in [-0.25, -0.2) is 0 Å². The van der Waals surface area contributed by atoms with Crippen molar-refractivity contribution in [3.63, 3.8) is 0 Å². The molecule has 5 heteroatoms. The highest BCUT2D eigenvalue weighted by atomic mass is 16.4. The molecule has 0 unspecified atom stereocenters. The molecule has 3 aromatic rings. The summed E-state index contributed by atoms with van der Waals surface area (Å²) < 4.78 is 5.81. The van der Waals surface area contributed by atoms with Crippen LogP contribution < -0.4 is 0 Å². The second-order valence-electron chi connectivity index (χ2n) is 8.56. The van der Waals surface area contributed by atoms with Gasteiger partial charge in [-0.2, -0.15) is 0 Å². The van der Waals surface area contributed by atoms with Crippen LogP contribution in [-0.4, -0.2) is 33.6 Å². The van der Waals surface area contributed by atoms with Crippen LogP contribution in [0.5, 0.6) is 0 Å². The summed E-state index contributed by atoms with van der Waals surface area (Å²) in [7, 11) is 0. The van der Waals surface area contributed by atoms with Gasteiger partial charge in [-0.15, -0.1) is 10.2 Å². The van der Waals surface area contributed by atoms with E-state index in [0.717, 1.165) is 24.4 Å². The van der Waals surface area contributed by atoms with Crippen LogP contribution in [0.15, 0.2) is 59.0 Å². The molecule has 2 fully saturated rings. The summed E-state index contributed by atoms with van der Waals surface area (Å²) in [6, 6.07) is 19.2. The van der Waals surface area contributed by atoms with Gasteiger partial charge in [0.25, 0.3) is 0 Å². The summed E-state index contributed by atoms with van der Waals surface area (Å²) in [4.78, 5) is 14.7. The third kappa shape index (κ3) is 4.16. The number of nitrogens with zero attached hydrogens (tertiary/aromatic N) is 3. The molecular weight excluding hydrogens is 374 g/mol. The van der Waals surface area contributed by atoms with E-state index in [1.165, 1.54) is 30.4 Å². The Balaban J connectivity index is 1.15. The zero-order valence-electron chi connectivity index (χ0n) is 17.2. The normalized spacial score (nSPS) is 20.5. The number of aromatic nitrogens is 2. The van der Waals surface area contributed by atoms with Crippen molar-refractivity contribution >= 4 is 5.91 Å². The van der Waals surface area contributed by atoms with Crippen LogP contribution in [0.25, 0.3) is 11.1 Å². The lowest BCUT2D eigenvalue weighted by Gasteiger charge is -2.24. The Bertz CT molecular complexity index is 997. The van der Waals surface area contributed by atoms with Crippen LogP contribution in [0.2, 0.25) is 0 Å². The van der Waals surface area contributed by atoms with Gasteiger partial charge in [0, 0.05) is 25.4 Å². The number of carbonyl (C=O) groups excluding carboxylic acids is 1. The molecule has 1 aromatic heterocycles. The Morgan fingerprint density at radius 2 is 1.73 bits per heavy atom. The monoisotopic (exact) mass is 401 g/mol. The number of carbonyl (C=O) groups is 1. The average molecular weight is 402 g/mol. The minimum atomic E-state index is 0.237. The summed E-state index contributed by atoms with van der Waals surface area (Å²) in [5, 5.41) is 8.33. The molecule has 0 spiro atoms. The van der Waals surface area contributed by atoms with Crippen LogP contribution >= 0.6 is 0 Å². The van der Waals surface area contributed by atoms with Crippen LogP contribution in [0.1, 0.15) is 49.4 Å². The van der Waals surface area contributed by atoms with Crippen molar-refractivity contribution in [2.75, 3.05) is 6.54 Å². The molecule has 2 aliphatic rings. The van der Waals surface area contributed by atoms with Gasteiger partial charge in [0.2, 0.25) is 17.7 Å². The maximum absolute atomic E-state index is 12.6. The molecule has 1 aliphatic carbocycles. The summed E-state index contributed by atoms with van der Waals surface area (Å²) in [5.74, 6) is 2.11. The standard InChI is InChI=1S/C25H27N3O2/c29-25(28-17-19-5-4-8-22(28)15-19)14-13-23-26-27-24(30-23)16-18-9-11-21(12-10-18)20-6-2-1-3-7-20/h1-3,6-7,9-12,19,22H,4-5,8,13-17H2/t19-,22+/m0/s1. The van der Waals surface area contributed by atoms with E-state index in [1.54, 1.807) is 0 Å². The van der Waals surface area contributed by atoms with Gasteiger partial charge in [-0.05, 0) is 41.9 Å². The van der Waals surface area contributed by atoms with E-state index >= 15 is 0 Å². The lowest BCUT2D eigenvalue weighted by molar-refractivity contribution is -0.132. The molecule has 0 radical (unpaired) electrons. The Labute approximate surface area is 177 Å². The molecule has 0 N–H and O–H groups in total. The Morgan fingerprint density at radius 3 is 2.53 bits per heavy atom. The topological polar surface area (TPSA) is 59.2 Å². The fourth-order valence-corrected chi connectivity index (χ4v) is 4.88. The van der Waals surface area contributed by atoms with Crippen molar-refractivity contribution in [3.8, 4) is 11.1 Å². The SMILES string of the molecule is O=C(CCc1nnc(Cc2ccc(-c3ccccc3)cc2)o1)N1C[C@H]2CCC[C@@H]1C2. The molecule has 1 saturated carbocycles. The number of rotatable bonds is 6. The number of likely N-dealkylation sites (tertiary alicyclic amines) is 1. The second kappa shape index (κ2) is 8.42. The molecule has 154 valence electrons. The lowest BCUT2D eigenvalue weighted by atomic mass is 9.90. The molecule has 1 aliphatic heterocycles. The van der Waals surface area contributed by atoms with Crippen LogP contribution in [0.3, 0.4) is 0 Å². The number of aryl methyl sites for hydroxylation is 1. The largest absolute Gasteiger partial charge is 0.425 e. The quantitative estimate of drug-likeness (QED) is 0.603. The van der Waals surface area contributed by atoms with Crippen LogP contribution in [0, 0.1) is 5.92 Å². The van der Waals surface area contributed by atoms with E-state index in [2.05, 4.69) is 51.5 Å². The lowest BCUT2D eigenvalue weighted by Crippen LogP contribution is -2.35. The van der Waals surface area contributed by atoms with Crippen molar-refractivity contribution in [1.29, 1.82) is 0 Å². The number of hydrogen-bond acceptors (Lipinski definition) is 4. The van der Waals surface area contributed by atoms with Gasteiger partial charge in [0.1, 0.15) is 0 Å². The smallest absolute Gasteiger partial charge is 0.223 e. The van der Waals surface area contributed by atoms with Gasteiger partial charge in [-0.1, -0.05) is 61.0 Å². The number of amides is 1. The third-order valence-electron chi connectivity index (χ3n) is 6.45. The first-order chi connectivity index (χ1) is 14.7. The van der Waals surface area contributed by atoms with Gasteiger partial charge in [-0.3, -0.25) is 4.79 Å². The van der Waals surface area contributed by atoms with E-state index in [9.17, 15) is 4.79 Å². The summed E-state index contributed by atoms with van der Waals surface area (Å²) in [5.41, 5.74) is 3.52. The van der Waals surface area contributed by atoms with Crippen molar-refractivity contribution in [3.05, 3.63) is 71.9 Å². The fourth-order valence-electron chi connectivity index (χ4n) is 4.88. The second-order valence-corrected chi connectivity index (χ2v) is 8.56. The van der Waals surface area contributed by atoms with Gasteiger partial charge < -0.3 is 9.32 Å². The van der Waals surface area contributed by atoms with Gasteiger partial charge in [0.05, 0.1) is 6.42 Å². The van der Waals surface area contributed by atoms with Crippen LogP contribution in [-0.2, 0) is 17.6 Å². The van der Waals surface area contributed by atoms with Crippen molar-refractivity contribution in [1.82, 2.24) is 15.1 Å². The summed E-state index contributed by atoms with van der Waals surface area (Å²) in [6.07, 6.45) is 6.47. The van der Waals surface area contributed by atoms with E-state index in [-0.39, 0.29) is 5.91 Å². The molecule has 5 rings (SSSR count). The zero-order valence-corrected chi connectivity index (χ0v) is 17.2. The van der Waals surface area contributed by atoms with E-state index in [1.807, 2.05) is 18.2 Å². The molecule has 5 nitrogen and oxygen atoms in total. The molecule has 1 amide bonds. The highest BCUT2D eigenvalue weighted by molar-refractivity contribution is 5.77. The van der Waals surface area contributed by atoms with E-state index in [4.69, 9.17) is 4.42 Å². The molecule has 2 atom stereocenters. The van der Waals surface area contributed by atoms with Crippen LogP contribution in [0.4, 0.5) is 0 Å². The fraction of sp³-hybridized carbons (Fsp3) is 0.400. The minimum absolute atomic E-state index is 0.237. The van der Waals surface area contributed by atoms with Crippen molar-refractivity contribution in [2.24, 2.45) is 5.92 Å². The molecule has 2 aromatic carbocycles. The first-order valence-electron chi connectivity index (χ1n) is 11.0. The zero-order chi connectivity index (χ0) is 20.3. The highest BCUT2D eigenvalue weighted by Gasteiger charge is 2.37. The number of hydrogen-bond donors (Lipinski definition) is 0. The number of benzene rings is 2. The first-order valence-corrected chi connectivity index (χ1v) is 11.0. The minimum Gasteiger partial charge on any atom is -0.425 e.